The fraction of sp³-hybridized carbons (Fsp3) is 0.176. The Morgan fingerprint density at radius 3 is 2.59 bits per heavy atom. The van der Waals surface area contributed by atoms with Crippen LogP contribution in [0.15, 0.2) is 54.9 Å². The summed E-state index contributed by atoms with van der Waals surface area (Å²) in [5.41, 5.74) is 0. The molecule has 0 aliphatic carbocycles. The van der Waals surface area contributed by atoms with Gasteiger partial charge in [-0.25, -0.2) is 0 Å². The highest BCUT2D eigenvalue weighted by atomic mass is 35.5. The summed E-state index contributed by atoms with van der Waals surface area (Å²) in [5, 5.41) is 2.70. The van der Waals surface area contributed by atoms with E-state index < -0.39 is 0 Å². The van der Waals surface area contributed by atoms with Crippen LogP contribution in [0.4, 0.5) is 0 Å². The monoisotopic (exact) mass is 314 g/mol. The fourth-order valence-corrected chi connectivity index (χ4v) is 2.22. The molecule has 0 saturated carbocycles. The van der Waals surface area contributed by atoms with Gasteiger partial charge in [0.2, 0.25) is 5.88 Å². The van der Waals surface area contributed by atoms with Crippen molar-refractivity contribution in [2.24, 2.45) is 0 Å². The molecule has 0 amide bonds. The summed E-state index contributed by atoms with van der Waals surface area (Å²) in [6.07, 6.45) is 3.76. The maximum absolute atomic E-state index is 5.73. The minimum Gasteiger partial charge on any atom is -0.493 e. The molecule has 1 aromatic heterocycles. The second kappa shape index (κ2) is 7.09. The number of aromatic nitrogens is 2. The van der Waals surface area contributed by atoms with Crippen LogP contribution in [0.3, 0.4) is 0 Å². The molecule has 0 aliphatic rings. The van der Waals surface area contributed by atoms with Crippen LogP contribution in [0, 0.1) is 0 Å². The first kappa shape index (κ1) is 14.6. The van der Waals surface area contributed by atoms with Crippen molar-refractivity contribution < 1.29 is 9.47 Å². The average molecular weight is 315 g/mol. The van der Waals surface area contributed by atoms with Gasteiger partial charge >= 0.3 is 0 Å². The third-order valence-corrected chi connectivity index (χ3v) is 3.29. The molecule has 3 rings (SSSR count). The number of ether oxygens (including phenoxy) is 2. The van der Waals surface area contributed by atoms with Crippen LogP contribution in [-0.2, 0) is 0 Å². The number of halogens is 1. The molecule has 1 heterocycles. The lowest BCUT2D eigenvalue weighted by atomic mass is 10.1. The third-order valence-electron chi connectivity index (χ3n) is 3.11. The van der Waals surface area contributed by atoms with E-state index in [0.717, 1.165) is 12.2 Å². The normalized spacial score (nSPS) is 10.6. The van der Waals surface area contributed by atoms with Gasteiger partial charge in [0.25, 0.3) is 0 Å². The molecule has 0 N–H and O–H groups in total. The molecular formula is C17H15ClN2O2. The lowest BCUT2D eigenvalue weighted by molar-refractivity contribution is 0.242. The Hall–Kier alpha value is -2.33. The summed E-state index contributed by atoms with van der Waals surface area (Å²) < 4.78 is 11.2. The number of hydrogen-bond acceptors (Lipinski definition) is 4. The van der Waals surface area contributed by atoms with Crippen molar-refractivity contribution >= 4 is 22.4 Å². The summed E-state index contributed by atoms with van der Waals surface area (Å²) >= 11 is 5.73. The van der Waals surface area contributed by atoms with E-state index in [2.05, 4.69) is 28.2 Å². The second-order valence-electron chi connectivity index (χ2n) is 4.74. The zero-order valence-electron chi connectivity index (χ0n) is 11.9. The van der Waals surface area contributed by atoms with Crippen LogP contribution in [0.5, 0.6) is 11.6 Å². The molecule has 4 nitrogen and oxygen atoms in total. The Kier molecular flexibility index (Phi) is 4.71. The second-order valence-corrected chi connectivity index (χ2v) is 5.13. The Morgan fingerprint density at radius 1 is 0.909 bits per heavy atom. The molecule has 0 bridgehead atoms. The van der Waals surface area contributed by atoms with Crippen LogP contribution in [0.2, 0.25) is 5.15 Å². The minimum absolute atomic E-state index is 0.324. The first-order chi connectivity index (χ1) is 10.8. The zero-order chi connectivity index (χ0) is 15.2. The van der Waals surface area contributed by atoms with Crippen LogP contribution >= 0.6 is 11.6 Å². The van der Waals surface area contributed by atoms with Gasteiger partial charge in [0, 0.05) is 6.42 Å². The van der Waals surface area contributed by atoms with E-state index in [9.17, 15) is 0 Å². The van der Waals surface area contributed by atoms with E-state index in [1.165, 1.54) is 23.2 Å². The SMILES string of the molecule is Clc1cncc(OCCCOc2ccc3ccccc3c2)n1. The lowest BCUT2D eigenvalue weighted by Crippen LogP contribution is -2.06. The summed E-state index contributed by atoms with van der Waals surface area (Å²) in [6.45, 7) is 1.08. The van der Waals surface area contributed by atoms with Gasteiger partial charge in [-0.2, -0.15) is 4.98 Å². The van der Waals surface area contributed by atoms with Crippen LogP contribution in [0.1, 0.15) is 6.42 Å². The van der Waals surface area contributed by atoms with E-state index in [0.29, 0.717) is 24.2 Å². The largest absolute Gasteiger partial charge is 0.493 e. The number of benzene rings is 2. The molecule has 0 unspecified atom stereocenters. The predicted molar refractivity (Wildman–Crippen MR) is 86.6 cm³/mol. The molecule has 2 aromatic carbocycles. The van der Waals surface area contributed by atoms with Crippen LogP contribution in [0.25, 0.3) is 10.8 Å². The van der Waals surface area contributed by atoms with Gasteiger partial charge in [0.15, 0.2) is 5.15 Å². The van der Waals surface area contributed by atoms with E-state index in [-0.39, 0.29) is 0 Å². The minimum atomic E-state index is 0.324. The standard InChI is InChI=1S/C17H15ClN2O2/c18-16-11-19-12-17(20-16)22-9-3-8-21-15-7-6-13-4-1-2-5-14(13)10-15/h1-2,4-7,10-12H,3,8-9H2. The van der Waals surface area contributed by atoms with E-state index in [4.69, 9.17) is 21.1 Å². The molecule has 3 aromatic rings. The summed E-state index contributed by atoms with van der Waals surface area (Å²) in [5.74, 6) is 1.29. The summed E-state index contributed by atoms with van der Waals surface area (Å²) in [6, 6.07) is 14.3. The maximum Gasteiger partial charge on any atom is 0.233 e. The smallest absolute Gasteiger partial charge is 0.233 e. The fourth-order valence-electron chi connectivity index (χ4n) is 2.08. The van der Waals surface area contributed by atoms with Gasteiger partial charge in [-0.05, 0) is 22.9 Å². The molecule has 112 valence electrons. The molecular weight excluding hydrogens is 300 g/mol. The first-order valence-corrected chi connectivity index (χ1v) is 7.41. The van der Waals surface area contributed by atoms with E-state index in [1.807, 2.05) is 24.3 Å². The van der Waals surface area contributed by atoms with Crippen molar-refractivity contribution in [2.45, 2.75) is 6.42 Å². The van der Waals surface area contributed by atoms with Gasteiger partial charge in [0.05, 0.1) is 25.6 Å². The molecule has 5 heteroatoms. The summed E-state index contributed by atoms with van der Waals surface area (Å²) in [7, 11) is 0. The Labute approximate surface area is 133 Å². The number of rotatable bonds is 6. The van der Waals surface area contributed by atoms with Crippen LogP contribution in [-0.4, -0.2) is 23.2 Å². The van der Waals surface area contributed by atoms with Crippen LogP contribution < -0.4 is 9.47 Å². The average Bonchev–Trinajstić information content (AvgIpc) is 2.54. The van der Waals surface area contributed by atoms with Gasteiger partial charge in [-0.15, -0.1) is 0 Å². The van der Waals surface area contributed by atoms with Gasteiger partial charge in [-0.3, -0.25) is 4.98 Å². The van der Waals surface area contributed by atoms with Crippen molar-refractivity contribution in [3.05, 3.63) is 60.0 Å². The highest BCUT2D eigenvalue weighted by Gasteiger charge is 1.99. The van der Waals surface area contributed by atoms with Crippen molar-refractivity contribution in [3.63, 3.8) is 0 Å². The highest BCUT2D eigenvalue weighted by Crippen LogP contribution is 2.20. The quantitative estimate of drug-likeness (QED) is 0.642. The molecule has 0 spiro atoms. The number of fused-ring (bicyclic) bond motifs is 1. The lowest BCUT2D eigenvalue weighted by Gasteiger charge is -2.08. The Morgan fingerprint density at radius 2 is 1.73 bits per heavy atom. The van der Waals surface area contributed by atoms with E-state index in [1.54, 1.807) is 0 Å². The van der Waals surface area contributed by atoms with Crippen molar-refractivity contribution in [2.75, 3.05) is 13.2 Å². The number of hydrogen-bond donors (Lipinski definition) is 0. The Balaban J connectivity index is 1.46. The van der Waals surface area contributed by atoms with E-state index >= 15 is 0 Å². The zero-order valence-corrected chi connectivity index (χ0v) is 12.7. The maximum atomic E-state index is 5.73. The first-order valence-electron chi connectivity index (χ1n) is 7.03. The van der Waals surface area contributed by atoms with Gasteiger partial charge in [-0.1, -0.05) is 41.9 Å². The Bertz CT molecular complexity index is 764. The highest BCUT2D eigenvalue weighted by molar-refractivity contribution is 6.29. The van der Waals surface area contributed by atoms with Gasteiger partial charge < -0.3 is 9.47 Å². The summed E-state index contributed by atoms with van der Waals surface area (Å²) in [4.78, 5) is 7.91. The molecule has 0 saturated heterocycles. The van der Waals surface area contributed by atoms with Gasteiger partial charge in [0.1, 0.15) is 5.75 Å². The molecule has 0 radical (unpaired) electrons. The third kappa shape index (κ3) is 3.86. The van der Waals surface area contributed by atoms with Crippen molar-refractivity contribution in [1.29, 1.82) is 0 Å². The molecule has 22 heavy (non-hydrogen) atoms. The topological polar surface area (TPSA) is 44.2 Å². The molecule has 0 atom stereocenters. The van der Waals surface area contributed by atoms with Crippen molar-refractivity contribution in [1.82, 2.24) is 9.97 Å². The molecule has 0 fully saturated rings. The van der Waals surface area contributed by atoms with Crippen molar-refractivity contribution in [3.8, 4) is 11.6 Å². The molecule has 0 aliphatic heterocycles. The predicted octanol–water partition coefficient (Wildman–Crippen LogP) is 4.13. The number of nitrogens with zero attached hydrogens (tertiary/aromatic N) is 2.